The average molecular weight is 591 g/mol. The first-order chi connectivity index (χ1) is 20.9. The van der Waals surface area contributed by atoms with E-state index in [-0.39, 0.29) is 19.3 Å². The highest BCUT2D eigenvalue weighted by atomic mass is 16.7. The van der Waals surface area contributed by atoms with Gasteiger partial charge in [-0.05, 0) is 59.5 Å². The number of carboxylic acids is 1. The van der Waals surface area contributed by atoms with E-state index in [0.29, 0.717) is 43.4 Å². The maximum Gasteiger partial charge on any atom is 0.410 e. The molecule has 3 aromatic rings. The number of likely N-dealkylation sites (tertiary alicyclic amines) is 1. The van der Waals surface area contributed by atoms with Crippen LogP contribution in [0.4, 0.5) is 4.79 Å². The molecule has 2 aliphatic heterocycles. The van der Waals surface area contributed by atoms with E-state index in [2.05, 4.69) is 4.90 Å². The van der Waals surface area contributed by atoms with E-state index in [9.17, 15) is 14.7 Å². The Bertz CT molecular complexity index is 1400. The van der Waals surface area contributed by atoms with Crippen molar-refractivity contribution in [3.05, 3.63) is 83.4 Å². The van der Waals surface area contributed by atoms with Crippen molar-refractivity contribution in [3.63, 3.8) is 0 Å². The normalized spacial score (nSPS) is 19.2. The van der Waals surface area contributed by atoms with Crippen molar-refractivity contribution >= 4 is 12.1 Å². The lowest BCUT2D eigenvalue weighted by atomic mass is 9.82. The molecule has 0 aliphatic carbocycles. The molecule has 1 N–H and O–H groups in total. The molecule has 2 aliphatic rings. The van der Waals surface area contributed by atoms with Crippen LogP contribution in [0.5, 0.6) is 23.0 Å². The second-order valence-corrected chi connectivity index (χ2v) is 10.7. The molecule has 43 heavy (non-hydrogen) atoms. The van der Waals surface area contributed by atoms with Crippen LogP contribution in [0.3, 0.4) is 0 Å². The van der Waals surface area contributed by atoms with E-state index in [1.807, 2.05) is 73.7 Å². The van der Waals surface area contributed by atoms with Gasteiger partial charge in [-0.25, -0.2) is 4.79 Å². The van der Waals surface area contributed by atoms with Crippen LogP contribution in [0.25, 0.3) is 0 Å². The van der Waals surface area contributed by atoms with Crippen molar-refractivity contribution in [1.82, 2.24) is 9.80 Å². The molecule has 1 saturated heterocycles. The second kappa shape index (κ2) is 13.7. The van der Waals surface area contributed by atoms with E-state index in [0.717, 1.165) is 28.9 Å². The summed E-state index contributed by atoms with van der Waals surface area (Å²) in [6.07, 6.45) is 0.358. The number of nitrogens with zero attached hydrogens (tertiary/aromatic N) is 2. The van der Waals surface area contributed by atoms with Crippen molar-refractivity contribution in [3.8, 4) is 23.0 Å². The van der Waals surface area contributed by atoms with Gasteiger partial charge in [0.15, 0.2) is 11.5 Å². The van der Waals surface area contributed by atoms with Gasteiger partial charge in [0.2, 0.25) is 6.79 Å². The largest absolute Gasteiger partial charge is 0.497 e. The summed E-state index contributed by atoms with van der Waals surface area (Å²) in [5.74, 6) is 0.793. The molecule has 0 spiro atoms. The van der Waals surface area contributed by atoms with Gasteiger partial charge in [-0.1, -0.05) is 37.3 Å². The third-order valence-electron chi connectivity index (χ3n) is 8.10. The zero-order chi connectivity index (χ0) is 30.3. The van der Waals surface area contributed by atoms with Crippen LogP contribution in [0.2, 0.25) is 0 Å². The topological polar surface area (TPSA) is 107 Å². The first-order valence-corrected chi connectivity index (χ1v) is 14.5. The standard InChI is InChI=1S/C33H38N2O8/c1-4-15-34(33(38)41-20-22-5-10-25(39-2)11-6-22)16-17-35-19-27(24-9-14-28-29(18-24)43-21-42-28)30(32(36)37)31(35)23-7-12-26(40-3)13-8-23/h5-14,18,27,30-31H,4,15-17,19-21H2,1-3H3,(H,36,37). The Morgan fingerprint density at radius 1 is 0.907 bits per heavy atom. The summed E-state index contributed by atoms with van der Waals surface area (Å²) in [4.78, 5) is 29.9. The van der Waals surface area contributed by atoms with E-state index >= 15 is 0 Å². The number of aliphatic carboxylic acids is 1. The first-order valence-electron chi connectivity index (χ1n) is 14.5. The average Bonchev–Trinajstić information content (AvgIpc) is 3.67. The van der Waals surface area contributed by atoms with Crippen LogP contribution >= 0.6 is 0 Å². The SMILES string of the molecule is CCCN(CCN1CC(c2ccc3c(c2)OCO3)C(C(=O)O)C1c1ccc(OC)cc1)C(=O)OCc1ccc(OC)cc1. The Kier molecular flexibility index (Phi) is 9.56. The molecule has 3 atom stereocenters. The summed E-state index contributed by atoms with van der Waals surface area (Å²) in [6.45, 7) is 4.19. The zero-order valence-corrected chi connectivity index (χ0v) is 24.7. The number of fused-ring (bicyclic) bond motifs is 1. The molecule has 0 aromatic heterocycles. The number of carboxylic acid groups (broad SMARTS) is 1. The van der Waals surface area contributed by atoms with Crippen LogP contribution in [-0.4, -0.2) is 74.2 Å². The van der Waals surface area contributed by atoms with Gasteiger partial charge >= 0.3 is 12.1 Å². The summed E-state index contributed by atoms with van der Waals surface area (Å²) in [7, 11) is 3.20. The smallest absolute Gasteiger partial charge is 0.410 e. The van der Waals surface area contributed by atoms with Gasteiger partial charge in [0.25, 0.3) is 0 Å². The molecule has 10 heteroatoms. The number of carbonyl (C=O) groups is 2. The second-order valence-electron chi connectivity index (χ2n) is 10.7. The summed E-state index contributed by atoms with van der Waals surface area (Å²) < 4.78 is 27.3. The van der Waals surface area contributed by atoms with Crippen molar-refractivity contribution in [2.24, 2.45) is 5.92 Å². The Hall–Kier alpha value is -4.44. The molecule has 0 radical (unpaired) electrons. The van der Waals surface area contributed by atoms with Gasteiger partial charge in [0.05, 0.1) is 20.1 Å². The van der Waals surface area contributed by atoms with Gasteiger partial charge in [0.1, 0.15) is 18.1 Å². The number of hydrogen-bond acceptors (Lipinski definition) is 8. The third kappa shape index (κ3) is 6.80. The fraction of sp³-hybridized carbons (Fsp3) is 0.394. The lowest BCUT2D eigenvalue weighted by Gasteiger charge is -2.30. The fourth-order valence-corrected chi connectivity index (χ4v) is 5.91. The van der Waals surface area contributed by atoms with Crippen molar-refractivity contribution < 1.29 is 38.4 Å². The van der Waals surface area contributed by atoms with Gasteiger partial charge in [-0.3, -0.25) is 9.69 Å². The van der Waals surface area contributed by atoms with Crippen LogP contribution in [0, 0.1) is 5.92 Å². The molecule has 228 valence electrons. The zero-order valence-electron chi connectivity index (χ0n) is 24.7. The van der Waals surface area contributed by atoms with E-state index < -0.39 is 24.0 Å². The van der Waals surface area contributed by atoms with Gasteiger partial charge in [0, 0.05) is 38.1 Å². The Labute approximate surface area is 251 Å². The molecular weight excluding hydrogens is 552 g/mol. The summed E-state index contributed by atoms with van der Waals surface area (Å²) >= 11 is 0. The predicted octanol–water partition coefficient (Wildman–Crippen LogP) is 5.32. The Balaban J connectivity index is 1.36. The molecule has 0 saturated carbocycles. The number of ether oxygens (including phenoxy) is 5. The van der Waals surface area contributed by atoms with Crippen LogP contribution in [-0.2, 0) is 16.1 Å². The maximum atomic E-state index is 13.1. The number of amides is 1. The van der Waals surface area contributed by atoms with Crippen molar-refractivity contribution in [1.29, 1.82) is 0 Å². The molecule has 3 aromatic carbocycles. The molecule has 5 rings (SSSR count). The molecule has 1 fully saturated rings. The number of hydrogen-bond donors (Lipinski definition) is 1. The molecule has 0 bridgehead atoms. The molecule has 10 nitrogen and oxygen atoms in total. The number of carbonyl (C=O) groups excluding carboxylic acids is 1. The Morgan fingerprint density at radius 3 is 2.21 bits per heavy atom. The van der Waals surface area contributed by atoms with Crippen LogP contribution in [0.1, 0.15) is 42.0 Å². The van der Waals surface area contributed by atoms with Gasteiger partial charge in [-0.2, -0.15) is 0 Å². The third-order valence-corrected chi connectivity index (χ3v) is 8.10. The highest BCUT2D eigenvalue weighted by molar-refractivity contribution is 5.74. The monoisotopic (exact) mass is 590 g/mol. The number of rotatable bonds is 12. The van der Waals surface area contributed by atoms with E-state index in [1.54, 1.807) is 19.1 Å². The summed E-state index contributed by atoms with van der Waals surface area (Å²) in [6, 6.07) is 20.1. The Morgan fingerprint density at radius 2 is 1.56 bits per heavy atom. The quantitative estimate of drug-likeness (QED) is 0.300. The van der Waals surface area contributed by atoms with E-state index in [1.165, 1.54) is 0 Å². The van der Waals surface area contributed by atoms with Gasteiger partial charge < -0.3 is 33.7 Å². The molecule has 1 amide bonds. The predicted molar refractivity (Wildman–Crippen MR) is 159 cm³/mol. The van der Waals surface area contributed by atoms with Crippen LogP contribution < -0.4 is 18.9 Å². The van der Waals surface area contributed by atoms with Crippen molar-refractivity contribution in [2.75, 3.05) is 47.2 Å². The van der Waals surface area contributed by atoms with Crippen LogP contribution in [0.15, 0.2) is 66.7 Å². The lowest BCUT2D eigenvalue weighted by Crippen LogP contribution is -2.40. The summed E-state index contributed by atoms with van der Waals surface area (Å²) in [5, 5.41) is 10.6. The molecule has 2 heterocycles. The molecular formula is C33H38N2O8. The van der Waals surface area contributed by atoms with Crippen molar-refractivity contribution in [2.45, 2.75) is 31.9 Å². The highest BCUT2D eigenvalue weighted by Gasteiger charge is 2.47. The maximum absolute atomic E-state index is 13.1. The fourth-order valence-electron chi connectivity index (χ4n) is 5.91. The van der Waals surface area contributed by atoms with Gasteiger partial charge in [-0.15, -0.1) is 0 Å². The lowest BCUT2D eigenvalue weighted by molar-refractivity contribution is -0.143. The molecule has 3 unspecified atom stereocenters. The minimum Gasteiger partial charge on any atom is -0.497 e. The minimum atomic E-state index is -0.879. The summed E-state index contributed by atoms with van der Waals surface area (Å²) in [5.41, 5.74) is 2.61. The first kappa shape index (κ1) is 30.0. The number of methoxy groups -OCH3 is 2. The highest BCUT2D eigenvalue weighted by Crippen LogP contribution is 2.47. The minimum absolute atomic E-state index is 0.147. The number of benzene rings is 3. The van der Waals surface area contributed by atoms with E-state index in [4.69, 9.17) is 23.7 Å².